The Morgan fingerprint density at radius 2 is 1.48 bits per heavy atom. The van der Waals surface area contributed by atoms with Crippen molar-refractivity contribution in [2.45, 2.75) is 45.1 Å². The quantitative estimate of drug-likeness (QED) is 0.783. The van der Waals surface area contributed by atoms with Crippen molar-refractivity contribution >= 4 is 0 Å². The van der Waals surface area contributed by atoms with Crippen LogP contribution in [0.4, 0.5) is 0 Å². The summed E-state index contributed by atoms with van der Waals surface area (Å²) < 4.78 is 0. The fourth-order valence-electron chi connectivity index (χ4n) is 2.65. The molecular weight excluding hydrogens is 254 g/mol. The zero-order chi connectivity index (χ0) is 15.1. The van der Waals surface area contributed by atoms with Crippen molar-refractivity contribution in [3.8, 4) is 0 Å². The van der Waals surface area contributed by atoms with Crippen molar-refractivity contribution < 1.29 is 0 Å². The van der Waals surface area contributed by atoms with E-state index in [0.29, 0.717) is 6.04 Å². The first-order valence-electron chi connectivity index (χ1n) is 7.94. The van der Waals surface area contributed by atoms with E-state index < -0.39 is 0 Å². The molecule has 0 spiro atoms. The van der Waals surface area contributed by atoms with Crippen LogP contribution in [-0.4, -0.2) is 12.6 Å². The summed E-state index contributed by atoms with van der Waals surface area (Å²) in [6.45, 7) is 7.88. The van der Waals surface area contributed by atoms with E-state index in [1.807, 2.05) is 0 Å². The predicted molar refractivity (Wildman–Crippen MR) is 91.7 cm³/mol. The molecule has 2 aromatic carbocycles. The van der Waals surface area contributed by atoms with Crippen molar-refractivity contribution in [1.29, 1.82) is 0 Å². The molecule has 0 aliphatic carbocycles. The SMILES string of the molecule is CCC(Cc1ccccc1)NCC(C)(C)c1ccccc1. The van der Waals surface area contributed by atoms with Gasteiger partial charge in [-0.2, -0.15) is 0 Å². The standard InChI is InChI=1S/C20H27N/c1-4-19(15-17-11-7-5-8-12-17)21-16-20(2,3)18-13-9-6-10-14-18/h5-14,19,21H,4,15-16H2,1-3H3. The number of hydrogen-bond acceptors (Lipinski definition) is 1. The molecule has 21 heavy (non-hydrogen) atoms. The number of hydrogen-bond donors (Lipinski definition) is 1. The Labute approximate surface area is 129 Å². The lowest BCUT2D eigenvalue weighted by Gasteiger charge is -2.29. The summed E-state index contributed by atoms with van der Waals surface area (Å²) in [5.41, 5.74) is 2.96. The van der Waals surface area contributed by atoms with Gasteiger partial charge in [0.2, 0.25) is 0 Å². The molecule has 1 unspecified atom stereocenters. The molecular formula is C20H27N. The molecule has 0 fully saturated rings. The number of nitrogens with one attached hydrogen (secondary N) is 1. The van der Waals surface area contributed by atoms with Crippen LogP contribution in [0.25, 0.3) is 0 Å². The average Bonchev–Trinajstić information content (AvgIpc) is 2.53. The second-order valence-electron chi connectivity index (χ2n) is 6.43. The van der Waals surface area contributed by atoms with Crippen LogP contribution in [0.1, 0.15) is 38.3 Å². The molecule has 0 radical (unpaired) electrons. The minimum atomic E-state index is 0.158. The lowest BCUT2D eigenvalue weighted by atomic mass is 9.84. The highest BCUT2D eigenvalue weighted by Crippen LogP contribution is 2.22. The van der Waals surface area contributed by atoms with E-state index in [4.69, 9.17) is 0 Å². The highest BCUT2D eigenvalue weighted by molar-refractivity contribution is 5.24. The molecule has 0 aromatic heterocycles. The highest BCUT2D eigenvalue weighted by Gasteiger charge is 2.21. The summed E-state index contributed by atoms with van der Waals surface area (Å²) in [6.07, 6.45) is 2.25. The molecule has 0 amide bonds. The van der Waals surface area contributed by atoms with Crippen LogP contribution in [-0.2, 0) is 11.8 Å². The molecule has 0 bridgehead atoms. The van der Waals surface area contributed by atoms with Gasteiger partial charge in [-0.1, -0.05) is 81.4 Å². The van der Waals surface area contributed by atoms with Gasteiger partial charge in [0.1, 0.15) is 0 Å². The summed E-state index contributed by atoms with van der Waals surface area (Å²) in [5.74, 6) is 0. The van der Waals surface area contributed by atoms with Crippen molar-refractivity contribution in [2.75, 3.05) is 6.54 Å². The third-order valence-electron chi connectivity index (χ3n) is 4.21. The van der Waals surface area contributed by atoms with E-state index in [0.717, 1.165) is 19.4 Å². The Morgan fingerprint density at radius 1 is 0.905 bits per heavy atom. The summed E-state index contributed by atoms with van der Waals surface area (Å²) in [6, 6.07) is 22.1. The van der Waals surface area contributed by atoms with Gasteiger partial charge in [0.05, 0.1) is 0 Å². The zero-order valence-corrected chi connectivity index (χ0v) is 13.5. The maximum Gasteiger partial charge on any atom is 0.0105 e. The van der Waals surface area contributed by atoms with Crippen LogP contribution in [0.5, 0.6) is 0 Å². The fourth-order valence-corrected chi connectivity index (χ4v) is 2.65. The second-order valence-corrected chi connectivity index (χ2v) is 6.43. The normalized spacial score (nSPS) is 13.1. The van der Waals surface area contributed by atoms with Crippen LogP contribution < -0.4 is 5.32 Å². The van der Waals surface area contributed by atoms with Crippen molar-refractivity contribution in [3.63, 3.8) is 0 Å². The Hall–Kier alpha value is -1.60. The highest BCUT2D eigenvalue weighted by atomic mass is 14.9. The smallest absolute Gasteiger partial charge is 0.0105 e. The van der Waals surface area contributed by atoms with E-state index in [1.54, 1.807) is 0 Å². The van der Waals surface area contributed by atoms with E-state index in [2.05, 4.69) is 86.8 Å². The topological polar surface area (TPSA) is 12.0 Å². The molecule has 1 N–H and O–H groups in total. The molecule has 0 aliphatic heterocycles. The minimum absolute atomic E-state index is 0.158. The third-order valence-corrected chi connectivity index (χ3v) is 4.21. The Kier molecular flexibility index (Phi) is 5.58. The van der Waals surface area contributed by atoms with Gasteiger partial charge >= 0.3 is 0 Å². The first kappa shape index (κ1) is 15.8. The van der Waals surface area contributed by atoms with E-state index in [1.165, 1.54) is 11.1 Å². The van der Waals surface area contributed by atoms with Crippen LogP contribution in [0.2, 0.25) is 0 Å². The molecule has 0 heterocycles. The predicted octanol–water partition coefficient (Wildman–Crippen LogP) is 4.58. The minimum Gasteiger partial charge on any atom is -0.313 e. The molecule has 1 atom stereocenters. The molecule has 0 saturated heterocycles. The van der Waals surface area contributed by atoms with Crippen LogP contribution in [0.15, 0.2) is 60.7 Å². The van der Waals surface area contributed by atoms with Gasteiger partial charge < -0.3 is 5.32 Å². The Bertz CT molecular complexity index is 516. The van der Waals surface area contributed by atoms with Crippen molar-refractivity contribution in [3.05, 3.63) is 71.8 Å². The van der Waals surface area contributed by atoms with Gasteiger partial charge in [-0.3, -0.25) is 0 Å². The largest absolute Gasteiger partial charge is 0.313 e. The van der Waals surface area contributed by atoms with Gasteiger partial charge in [-0.25, -0.2) is 0 Å². The molecule has 112 valence electrons. The van der Waals surface area contributed by atoms with Gasteiger partial charge in [-0.05, 0) is 24.0 Å². The summed E-state index contributed by atoms with van der Waals surface area (Å²) in [7, 11) is 0. The summed E-state index contributed by atoms with van der Waals surface area (Å²) in [5, 5.41) is 3.76. The zero-order valence-electron chi connectivity index (χ0n) is 13.5. The molecule has 1 nitrogen and oxygen atoms in total. The molecule has 2 rings (SSSR count). The number of benzene rings is 2. The molecule has 0 aliphatic rings. The van der Waals surface area contributed by atoms with Crippen molar-refractivity contribution in [2.24, 2.45) is 0 Å². The lowest BCUT2D eigenvalue weighted by molar-refractivity contribution is 0.407. The second kappa shape index (κ2) is 7.42. The van der Waals surface area contributed by atoms with Gasteiger partial charge in [-0.15, -0.1) is 0 Å². The van der Waals surface area contributed by atoms with Crippen molar-refractivity contribution in [1.82, 2.24) is 5.32 Å². The van der Waals surface area contributed by atoms with Crippen LogP contribution in [0, 0.1) is 0 Å². The van der Waals surface area contributed by atoms with E-state index in [-0.39, 0.29) is 5.41 Å². The van der Waals surface area contributed by atoms with E-state index >= 15 is 0 Å². The lowest BCUT2D eigenvalue weighted by Crippen LogP contribution is -2.40. The van der Waals surface area contributed by atoms with Gasteiger partial charge in [0.25, 0.3) is 0 Å². The first-order chi connectivity index (χ1) is 10.1. The maximum absolute atomic E-state index is 3.76. The summed E-state index contributed by atoms with van der Waals surface area (Å²) >= 11 is 0. The monoisotopic (exact) mass is 281 g/mol. The van der Waals surface area contributed by atoms with Gasteiger partial charge in [0, 0.05) is 18.0 Å². The third kappa shape index (κ3) is 4.71. The maximum atomic E-state index is 3.76. The van der Waals surface area contributed by atoms with Crippen LogP contribution in [0.3, 0.4) is 0 Å². The number of rotatable bonds is 7. The van der Waals surface area contributed by atoms with Crippen LogP contribution >= 0.6 is 0 Å². The fraction of sp³-hybridized carbons (Fsp3) is 0.400. The Morgan fingerprint density at radius 3 is 2.05 bits per heavy atom. The Balaban J connectivity index is 1.94. The average molecular weight is 281 g/mol. The first-order valence-corrected chi connectivity index (χ1v) is 7.94. The summed E-state index contributed by atoms with van der Waals surface area (Å²) in [4.78, 5) is 0. The van der Waals surface area contributed by atoms with E-state index in [9.17, 15) is 0 Å². The van der Waals surface area contributed by atoms with Gasteiger partial charge in [0.15, 0.2) is 0 Å². The molecule has 1 heteroatoms. The molecule has 2 aromatic rings. The molecule has 0 saturated carbocycles.